The Balaban J connectivity index is 4.22. The Bertz CT molecular complexity index is 235. The molecule has 0 aliphatic carbocycles. The zero-order chi connectivity index (χ0) is 13.1. The van der Waals surface area contributed by atoms with E-state index >= 15 is 0 Å². The van der Waals surface area contributed by atoms with Gasteiger partial charge in [-0.05, 0) is 27.2 Å². The Kier molecular flexibility index (Phi) is 10.6. The molecule has 0 rings (SSSR count). The number of rotatable bonds is 11. The number of hydrogen-bond acceptors (Lipinski definition) is 7. The van der Waals surface area contributed by atoms with Gasteiger partial charge >= 0.3 is 8.80 Å². The van der Waals surface area contributed by atoms with Crippen molar-refractivity contribution in [2.75, 3.05) is 26.4 Å². The van der Waals surface area contributed by atoms with Gasteiger partial charge in [-0.2, -0.15) is 0 Å². The highest BCUT2D eigenvalue weighted by molar-refractivity contribution is 8.19. The highest BCUT2D eigenvalue weighted by atomic mass is 32.8. The van der Waals surface area contributed by atoms with Crippen molar-refractivity contribution in [2.24, 2.45) is 0 Å². The van der Waals surface area contributed by atoms with Crippen molar-refractivity contribution in [3.63, 3.8) is 0 Å². The van der Waals surface area contributed by atoms with E-state index in [0.717, 1.165) is 0 Å². The summed E-state index contributed by atoms with van der Waals surface area (Å²) >= 11 is 4.41. The van der Waals surface area contributed by atoms with Crippen LogP contribution < -0.4 is 0 Å². The molecule has 0 atom stereocenters. The van der Waals surface area contributed by atoms with Crippen LogP contribution in [-0.2, 0) is 42.5 Å². The first-order valence-electron chi connectivity index (χ1n) is 5.74. The fraction of sp³-hybridized carbons (Fsp3) is 1.00. The monoisotopic (exact) mass is 301 g/mol. The van der Waals surface area contributed by atoms with E-state index in [0.29, 0.717) is 38.9 Å². The van der Waals surface area contributed by atoms with Gasteiger partial charge in [-0.1, -0.05) is 9.64 Å². The normalized spacial score (nSPS) is 12.2. The van der Waals surface area contributed by atoms with E-state index in [2.05, 4.69) is 11.2 Å². The molecule has 0 saturated carbocycles. The van der Waals surface area contributed by atoms with Gasteiger partial charge in [-0.25, -0.2) is 11.2 Å². The molecule has 0 saturated heterocycles. The second-order valence-electron chi connectivity index (χ2n) is 3.11. The van der Waals surface area contributed by atoms with Gasteiger partial charge in [0.15, 0.2) is 0 Å². The summed E-state index contributed by atoms with van der Waals surface area (Å²) < 4.78 is 32.3. The lowest BCUT2D eigenvalue weighted by Crippen LogP contribution is -2.46. The van der Waals surface area contributed by atoms with Gasteiger partial charge in [-0.3, -0.25) is 0 Å². The third kappa shape index (κ3) is 8.19. The van der Waals surface area contributed by atoms with Crippen LogP contribution in [0.15, 0.2) is 0 Å². The van der Waals surface area contributed by atoms with Gasteiger partial charge in [0.25, 0.3) is 0 Å². The molecule has 0 bridgehead atoms. The van der Waals surface area contributed by atoms with Crippen LogP contribution in [0.3, 0.4) is 0 Å². The van der Waals surface area contributed by atoms with Gasteiger partial charge < -0.3 is 21.7 Å². The van der Waals surface area contributed by atoms with Gasteiger partial charge in [-0.15, -0.1) is 0 Å². The van der Waals surface area contributed by atoms with Gasteiger partial charge in [0, 0.05) is 32.5 Å². The Labute approximate surface area is 111 Å². The first-order valence-corrected chi connectivity index (χ1v) is 9.67. The van der Waals surface area contributed by atoms with Crippen molar-refractivity contribution < 1.29 is 21.7 Å². The molecule has 0 aromatic carbocycles. The van der Waals surface area contributed by atoms with Gasteiger partial charge in [0.05, 0.1) is 0 Å². The first kappa shape index (κ1) is 17.4. The lowest BCUT2D eigenvalue weighted by atomic mass is 10.5. The SMILES string of the molecule is CCO[Si](CCCO[S-](=O)=S)(OCC)OCC. The van der Waals surface area contributed by atoms with Crippen LogP contribution >= 0.6 is 0 Å². The molecular formula is C9H21O5S2Si-. The molecule has 0 fully saturated rings. The fourth-order valence-corrected chi connectivity index (χ4v) is 4.45. The molecule has 104 valence electrons. The Morgan fingerprint density at radius 3 is 1.88 bits per heavy atom. The van der Waals surface area contributed by atoms with Crippen molar-refractivity contribution in [1.29, 1.82) is 0 Å². The van der Waals surface area contributed by atoms with E-state index in [1.165, 1.54) is 0 Å². The van der Waals surface area contributed by atoms with Crippen LogP contribution in [0.25, 0.3) is 0 Å². The molecule has 0 spiro atoms. The van der Waals surface area contributed by atoms with Crippen LogP contribution in [0.4, 0.5) is 0 Å². The highest BCUT2D eigenvalue weighted by Gasteiger charge is 2.39. The van der Waals surface area contributed by atoms with Crippen LogP contribution in [0, 0.1) is 0 Å². The molecule has 17 heavy (non-hydrogen) atoms. The highest BCUT2D eigenvalue weighted by Crippen LogP contribution is 2.18. The second-order valence-corrected chi connectivity index (χ2v) is 7.30. The van der Waals surface area contributed by atoms with Crippen LogP contribution in [-0.4, -0.2) is 35.2 Å². The van der Waals surface area contributed by atoms with Crippen molar-refractivity contribution in [2.45, 2.75) is 33.2 Å². The molecule has 0 N–H and O–H groups in total. The minimum atomic E-state index is -2.58. The minimum absolute atomic E-state index is 0.331. The zero-order valence-corrected chi connectivity index (χ0v) is 13.2. The summed E-state index contributed by atoms with van der Waals surface area (Å²) in [4.78, 5) is 0. The predicted octanol–water partition coefficient (Wildman–Crippen LogP) is 1.78. The maximum atomic E-state index is 10.6. The summed E-state index contributed by atoms with van der Waals surface area (Å²) in [6.07, 6.45) is 0.661. The van der Waals surface area contributed by atoms with Crippen molar-refractivity contribution in [3.05, 3.63) is 0 Å². The molecule has 5 nitrogen and oxygen atoms in total. The molecule has 0 radical (unpaired) electrons. The predicted molar refractivity (Wildman–Crippen MR) is 71.4 cm³/mol. The third-order valence-electron chi connectivity index (χ3n) is 1.90. The average molecular weight is 301 g/mol. The van der Waals surface area contributed by atoms with Crippen molar-refractivity contribution >= 4 is 29.6 Å². The third-order valence-corrected chi connectivity index (χ3v) is 5.70. The molecule has 0 aromatic heterocycles. The molecule has 0 aliphatic rings. The van der Waals surface area contributed by atoms with E-state index in [1.807, 2.05) is 20.8 Å². The van der Waals surface area contributed by atoms with E-state index in [4.69, 9.17) is 17.5 Å². The standard InChI is InChI=1S/C9H21O5S2Si/c1-4-12-17(13-5-2,14-6-3)9-7-8-11-16(10)15/h4-9H2,1-3H3/q-1. The van der Waals surface area contributed by atoms with Crippen LogP contribution in [0.1, 0.15) is 27.2 Å². The van der Waals surface area contributed by atoms with E-state index in [9.17, 15) is 4.21 Å². The maximum Gasteiger partial charge on any atom is 0.501 e. The molecule has 0 aromatic rings. The summed E-state index contributed by atoms with van der Waals surface area (Å²) in [6, 6.07) is 0.648. The lowest BCUT2D eigenvalue weighted by Gasteiger charge is -2.28. The molecule has 0 heterocycles. The Hall–Kier alpha value is 0.427. The summed E-state index contributed by atoms with van der Waals surface area (Å²) in [5, 5.41) is 0. The first-order chi connectivity index (χ1) is 8.10. The van der Waals surface area contributed by atoms with E-state index < -0.39 is 18.4 Å². The smallest absolute Gasteiger partial charge is 0.444 e. The second kappa shape index (κ2) is 10.4. The van der Waals surface area contributed by atoms with Gasteiger partial charge in [0.1, 0.15) is 0 Å². The number of hydrogen-bond donors (Lipinski definition) is 0. The van der Waals surface area contributed by atoms with Crippen LogP contribution in [0.2, 0.25) is 6.04 Å². The summed E-state index contributed by atoms with van der Waals surface area (Å²) in [6.45, 7) is 7.73. The fourth-order valence-electron chi connectivity index (χ4n) is 1.42. The minimum Gasteiger partial charge on any atom is -0.444 e. The maximum absolute atomic E-state index is 10.6. The quantitative estimate of drug-likeness (QED) is 0.329. The van der Waals surface area contributed by atoms with E-state index in [1.54, 1.807) is 0 Å². The topological polar surface area (TPSA) is 54.0 Å². The molecule has 8 heteroatoms. The lowest BCUT2D eigenvalue weighted by molar-refractivity contribution is 0.0698. The van der Waals surface area contributed by atoms with E-state index in [-0.39, 0.29) is 0 Å². The summed E-state index contributed by atoms with van der Waals surface area (Å²) in [7, 11) is -4.21. The molecule has 0 amide bonds. The molecule has 0 unspecified atom stereocenters. The Morgan fingerprint density at radius 2 is 1.53 bits per heavy atom. The summed E-state index contributed by atoms with van der Waals surface area (Å²) in [5.41, 5.74) is 0. The van der Waals surface area contributed by atoms with Crippen molar-refractivity contribution in [3.8, 4) is 0 Å². The largest absolute Gasteiger partial charge is 0.501 e. The van der Waals surface area contributed by atoms with Gasteiger partial charge in [0.2, 0.25) is 0 Å². The van der Waals surface area contributed by atoms with Crippen LogP contribution in [0.5, 0.6) is 0 Å². The summed E-state index contributed by atoms with van der Waals surface area (Å²) in [5.74, 6) is 0. The average Bonchev–Trinajstić information content (AvgIpc) is 2.25. The van der Waals surface area contributed by atoms with Crippen molar-refractivity contribution in [1.82, 2.24) is 0 Å². The molecule has 0 aliphatic heterocycles. The zero-order valence-electron chi connectivity index (χ0n) is 10.6. The Morgan fingerprint density at radius 1 is 1.06 bits per heavy atom. The molecular weight excluding hydrogens is 280 g/mol.